The van der Waals surface area contributed by atoms with E-state index in [1.54, 1.807) is 42.6 Å². The number of nitrogens with zero attached hydrogens (tertiary/aromatic N) is 1. The van der Waals surface area contributed by atoms with Gasteiger partial charge in [-0.3, -0.25) is 14.6 Å². The molecule has 0 saturated heterocycles. The quantitative estimate of drug-likeness (QED) is 0.673. The second-order valence-electron chi connectivity index (χ2n) is 6.57. The Morgan fingerprint density at radius 3 is 2.39 bits per heavy atom. The van der Waals surface area contributed by atoms with E-state index in [0.29, 0.717) is 16.8 Å². The molecule has 0 fully saturated rings. The van der Waals surface area contributed by atoms with Crippen LogP contribution in [0.1, 0.15) is 51.7 Å². The summed E-state index contributed by atoms with van der Waals surface area (Å²) in [6, 6.07) is 18.4. The monoisotopic (exact) mass is 373 g/mol. The van der Waals surface area contributed by atoms with Gasteiger partial charge in [-0.15, -0.1) is 0 Å². The molecule has 0 spiro atoms. The van der Waals surface area contributed by atoms with E-state index in [1.807, 2.05) is 19.1 Å². The summed E-state index contributed by atoms with van der Waals surface area (Å²) < 4.78 is 0. The number of carbonyl (C=O) groups is 2. The molecule has 2 N–H and O–H groups in total. The maximum atomic E-state index is 12.6. The summed E-state index contributed by atoms with van der Waals surface area (Å²) in [5, 5.41) is 5.79. The number of hydrogen-bond acceptors (Lipinski definition) is 3. The Hall–Kier alpha value is -3.47. The van der Waals surface area contributed by atoms with Gasteiger partial charge in [0.2, 0.25) is 0 Å². The molecule has 3 aromatic rings. The number of anilines is 1. The summed E-state index contributed by atoms with van der Waals surface area (Å²) in [5.41, 5.74) is 3.81. The third-order valence-corrected chi connectivity index (χ3v) is 4.54. The Balaban J connectivity index is 1.67. The fourth-order valence-corrected chi connectivity index (χ4v) is 2.84. The first kappa shape index (κ1) is 19.3. The van der Waals surface area contributed by atoms with Gasteiger partial charge in [0.25, 0.3) is 11.8 Å². The van der Waals surface area contributed by atoms with E-state index in [0.717, 1.165) is 12.0 Å². The molecule has 0 aliphatic heterocycles. The summed E-state index contributed by atoms with van der Waals surface area (Å²) in [4.78, 5) is 28.8. The van der Waals surface area contributed by atoms with Crippen molar-refractivity contribution in [1.29, 1.82) is 0 Å². The van der Waals surface area contributed by atoms with Crippen LogP contribution < -0.4 is 10.6 Å². The molecule has 5 nitrogen and oxygen atoms in total. The van der Waals surface area contributed by atoms with Crippen molar-refractivity contribution in [3.63, 3.8) is 0 Å². The maximum absolute atomic E-state index is 12.6. The van der Waals surface area contributed by atoms with Gasteiger partial charge in [-0.25, -0.2) is 0 Å². The van der Waals surface area contributed by atoms with Crippen LogP contribution in [0.2, 0.25) is 0 Å². The first-order valence-electron chi connectivity index (χ1n) is 9.28. The summed E-state index contributed by atoms with van der Waals surface area (Å²) in [7, 11) is 0. The Bertz CT molecular complexity index is 953. The third kappa shape index (κ3) is 4.82. The fraction of sp³-hybridized carbons (Fsp3) is 0.174. The standard InChI is InChI=1S/C23H23N3O2/c1-3-17-9-11-18(12-10-17)16(2)25-22(27)19-6-4-8-21(14-19)26-23(28)20-7-5-13-24-15-20/h4-16H,3H2,1-2H3,(H,25,27)(H,26,28). The van der Waals surface area contributed by atoms with Gasteiger partial charge in [0.1, 0.15) is 0 Å². The minimum atomic E-state index is -0.268. The van der Waals surface area contributed by atoms with E-state index < -0.39 is 0 Å². The molecule has 0 radical (unpaired) electrons. The first-order chi connectivity index (χ1) is 13.6. The number of carbonyl (C=O) groups excluding carboxylic acids is 2. The van der Waals surface area contributed by atoms with Crippen LogP contribution in [0.4, 0.5) is 5.69 Å². The summed E-state index contributed by atoms with van der Waals surface area (Å²) >= 11 is 0. The highest BCUT2D eigenvalue weighted by molar-refractivity contribution is 6.04. The second-order valence-corrected chi connectivity index (χ2v) is 6.57. The van der Waals surface area contributed by atoms with Crippen molar-refractivity contribution in [2.24, 2.45) is 0 Å². The zero-order chi connectivity index (χ0) is 19.9. The SMILES string of the molecule is CCc1ccc(C(C)NC(=O)c2cccc(NC(=O)c3cccnc3)c2)cc1. The molecule has 2 amide bonds. The van der Waals surface area contributed by atoms with Crippen molar-refractivity contribution in [3.8, 4) is 0 Å². The van der Waals surface area contributed by atoms with Crippen LogP contribution in [0, 0.1) is 0 Å². The molecule has 1 atom stereocenters. The largest absolute Gasteiger partial charge is 0.346 e. The number of aromatic nitrogens is 1. The van der Waals surface area contributed by atoms with Crippen LogP contribution in [-0.2, 0) is 6.42 Å². The lowest BCUT2D eigenvalue weighted by atomic mass is 10.0. The molecule has 1 aromatic heterocycles. The molecule has 0 saturated carbocycles. The third-order valence-electron chi connectivity index (χ3n) is 4.54. The normalized spacial score (nSPS) is 11.5. The van der Waals surface area contributed by atoms with Crippen LogP contribution >= 0.6 is 0 Å². The van der Waals surface area contributed by atoms with Gasteiger partial charge in [-0.05, 0) is 54.8 Å². The van der Waals surface area contributed by atoms with Crippen LogP contribution in [0.3, 0.4) is 0 Å². The smallest absolute Gasteiger partial charge is 0.257 e. The molecule has 2 aromatic carbocycles. The lowest BCUT2D eigenvalue weighted by molar-refractivity contribution is 0.0938. The molecule has 3 rings (SSSR count). The number of rotatable bonds is 6. The average Bonchev–Trinajstić information content (AvgIpc) is 2.74. The second kappa shape index (κ2) is 8.95. The molecule has 28 heavy (non-hydrogen) atoms. The molecule has 142 valence electrons. The minimum Gasteiger partial charge on any atom is -0.346 e. The van der Waals surface area contributed by atoms with Crippen LogP contribution in [0.15, 0.2) is 73.1 Å². The van der Waals surface area contributed by atoms with E-state index in [-0.39, 0.29) is 17.9 Å². The summed E-state index contributed by atoms with van der Waals surface area (Å²) in [6.07, 6.45) is 4.09. The summed E-state index contributed by atoms with van der Waals surface area (Å²) in [6.45, 7) is 4.06. The van der Waals surface area contributed by atoms with Gasteiger partial charge in [-0.1, -0.05) is 37.3 Å². The molecule has 1 heterocycles. The van der Waals surface area contributed by atoms with Crippen molar-refractivity contribution >= 4 is 17.5 Å². The van der Waals surface area contributed by atoms with E-state index in [1.165, 1.54) is 11.8 Å². The van der Waals surface area contributed by atoms with Crippen LogP contribution in [0.25, 0.3) is 0 Å². The van der Waals surface area contributed by atoms with Gasteiger partial charge < -0.3 is 10.6 Å². The Labute approximate surface area is 164 Å². The Kier molecular flexibility index (Phi) is 6.17. The number of aryl methyl sites for hydroxylation is 1. The average molecular weight is 373 g/mol. The number of amides is 2. The van der Waals surface area contributed by atoms with Crippen LogP contribution in [-0.4, -0.2) is 16.8 Å². The lowest BCUT2D eigenvalue weighted by Crippen LogP contribution is -2.26. The fourth-order valence-electron chi connectivity index (χ4n) is 2.84. The predicted octanol–water partition coefficient (Wildman–Crippen LogP) is 4.39. The van der Waals surface area contributed by atoms with Crippen molar-refractivity contribution < 1.29 is 9.59 Å². The van der Waals surface area contributed by atoms with E-state index in [4.69, 9.17) is 0 Å². The van der Waals surface area contributed by atoms with Gasteiger partial charge in [0, 0.05) is 23.6 Å². The maximum Gasteiger partial charge on any atom is 0.257 e. The Morgan fingerprint density at radius 1 is 0.964 bits per heavy atom. The van der Waals surface area contributed by atoms with Crippen molar-refractivity contribution in [2.45, 2.75) is 26.3 Å². The van der Waals surface area contributed by atoms with E-state index in [2.05, 4.69) is 34.7 Å². The first-order valence-corrected chi connectivity index (χ1v) is 9.28. The number of benzene rings is 2. The number of pyridine rings is 1. The molecule has 5 heteroatoms. The summed E-state index contributed by atoms with van der Waals surface area (Å²) in [5.74, 6) is -0.459. The van der Waals surface area contributed by atoms with Crippen molar-refractivity contribution in [2.75, 3.05) is 5.32 Å². The van der Waals surface area contributed by atoms with E-state index in [9.17, 15) is 9.59 Å². The van der Waals surface area contributed by atoms with Crippen molar-refractivity contribution in [1.82, 2.24) is 10.3 Å². The molecule has 0 aliphatic rings. The number of hydrogen-bond donors (Lipinski definition) is 2. The zero-order valence-electron chi connectivity index (χ0n) is 16.0. The van der Waals surface area contributed by atoms with E-state index >= 15 is 0 Å². The highest BCUT2D eigenvalue weighted by Crippen LogP contribution is 2.16. The van der Waals surface area contributed by atoms with Crippen LogP contribution in [0.5, 0.6) is 0 Å². The lowest BCUT2D eigenvalue weighted by Gasteiger charge is -2.15. The van der Waals surface area contributed by atoms with Gasteiger partial charge in [-0.2, -0.15) is 0 Å². The minimum absolute atomic E-state index is 0.118. The molecule has 0 bridgehead atoms. The predicted molar refractivity (Wildman–Crippen MR) is 110 cm³/mol. The number of nitrogens with one attached hydrogen (secondary N) is 2. The molecular weight excluding hydrogens is 350 g/mol. The topological polar surface area (TPSA) is 71.1 Å². The zero-order valence-corrected chi connectivity index (χ0v) is 16.0. The molecular formula is C23H23N3O2. The highest BCUT2D eigenvalue weighted by Gasteiger charge is 2.13. The highest BCUT2D eigenvalue weighted by atomic mass is 16.2. The van der Waals surface area contributed by atoms with Gasteiger partial charge in [0.15, 0.2) is 0 Å². The van der Waals surface area contributed by atoms with Gasteiger partial charge in [0.05, 0.1) is 11.6 Å². The van der Waals surface area contributed by atoms with Gasteiger partial charge >= 0.3 is 0 Å². The Morgan fingerprint density at radius 2 is 1.71 bits per heavy atom. The van der Waals surface area contributed by atoms with Crippen molar-refractivity contribution in [3.05, 3.63) is 95.3 Å². The molecule has 1 unspecified atom stereocenters. The molecule has 0 aliphatic carbocycles.